The lowest BCUT2D eigenvalue weighted by Gasteiger charge is -2.19. The number of amides is 1. The van der Waals surface area contributed by atoms with Gasteiger partial charge in [0.05, 0.1) is 18.8 Å². The lowest BCUT2D eigenvalue weighted by Crippen LogP contribution is -2.45. The molecule has 0 spiro atoms. The molecule has 3 N–H and O–H groups in total. The van der Waals surface area contributed by atoms with Gasteiger partial charge >= 0.3 is 0 Å². The summed E-state index contributed by atoms with van der Waals surface area (Å²) in [5.74, 6) is -0.0937. The first-order valence-electron chi connectivity index (χ1n) is 25.2. The molecule has 0 heterocycles. The third kappa shape index (κ3) is 47.7. The topological polar surface area (TPSA) is 69.6 Å². The number of aliphatic hydroxyl groups is 2. The maximum atomic E-state index is 12.4. The number of carbonyl (C=O) groups excluding carboxylic acids is 1. The van der Waals surface area contributed by atoms with E-state index in [1.807, 2.05) is 6.08 Å². The molecule has 0 rings (SSSR count). The van der Waals surface area contributed by atoms with Crippen molar-refractivity contribution in [1.29, 1.82) is 0 Å². The average Bonchev–Trinajstić information content (AvgIpc) is 3.26. The van der Waals surface area contributed by atoms with Gasteiger partial charge in [-0.15, -0.1) is 0 Å². The normalized spacial score (nSPS) is 14.0. The summed E-state index contributed by atoms with van der Waals surface area (Å²) in [6.07, 6.45) is 78.9. The Kier molecular flexibility index (Phi) is 48.5. The molecule has 0 saturated carbocycles. The Morgan fingerprint density at radius 3 is 1.15 bits per heavy atom. The molecule has 4 nitrogen and oxygen atoms in total. The van der Waals surface area contributed by atoms with Crippen molar-refractivity contribution < 1.29 is 15.0 Å². The van der Waals surface area contributed by atoms with E-state index in [0.29, 0.717) is 6.42 Å². The minimum absolute atomic E-state index is 0.0937. The van der Waals surface area contributed by atoms with Crippen LogP contribution in [0.3, 0.4) is 0 Å². The molecule has 0 aliphatic carbocycles. The van der Waals surface area contributed by atoms with Gasteiger partial charge in [0, 0.05) is 6.42 Å². The number of allylic oxidation sites excluding steroid dienone is 19. The molecule has 1 amide bonds. The fourth-order valence-corrected chi connectivity index (χ4v) is 6.86. The summed E-state index contributed by atoms with van der Waals surface area (Å²) >= 11 is 0. The standard InChI is InChI=1S/C57H95NO3/c1-3-5-7-9-11-13-15-17-19-21-23-24-25-26-27-28-29-30-31-32-33-34-35-37-39-41-43-45-47-49-51-53-57(61)58-55(54-59)56(60)52-50-48-46-44-42-40-38-36-22-20-18-16-14-12-10-8-6-4-2/h5,7,11,13,17,19,23-24,26-27,29-30,32-33,35,37,42,44,50,52,55-56,59-60H,3-4,6,8-10,12,14-16,18,20-22,25,28,31,34,36,38-41,43,45-49,51,53-54H2,1-2H3,(H,58,61)/b7-5-,13-11-,19-17-,24-23-,27-26-,30-29-,33-32-,37-35-,44-42+,52-50+. The van der Waals surface area contributed by atoms with Crippen LogP contribution in [0.5, 0.6) is 0 Å². The van der Waals surface area contributed by atoms with Crippen molar-refractivity contribution in [2.75, 3.05) is 6.61 Å². The highest BCUT2D eigenvalue weighted by Gasteiger charge is 2.17. The summed E-state index contributed by atoms with van der Waals surface area (Å²) in [4.78, 5) is 12.4. The van der Waals surface area contributed by atoms with Gasteiger partial charge in [-0.1, -0.05) is 232 Å². The molecule has 0 aromatic heterocycles. The number of rotatable bonds is 44. The molecule has 4 heteroatoms. The van der Waals surface area contributed by atoms with Gasteiger partial charge in [-0.25, -0.2) is 0 Å². The second kappa shape index (κ2) is 51.1. The summed E-state index contributed by atoms with van der Waals surface area (Å²) < 4.78 is 0. The molecule has 2 unspecified atom stereocenters. The highest BCUT2D eigenvalue weighted by molar-refractivity contribution is 5.76. The molecule has 0 aromatic rings. The van der Waals surface area contributed by atoms with Crippen molar-refractivity contribution in [3.63, 3.8) is 0 Å². The Balaban J connectivity index is 3.70. The van der Waals surface area contributed by atoms with Crippen LogP contribution < -0.4 is 5.32 Å². The van der Waals surface area contributed by atoms with Crippen molar-refractivity contribution >= 4 is 5.91 Å². The van der Waals surface area contributed by atoms with Crippen LogP contribution in [0.4, 0.5) is 0 Å². The molecule has 2 atom stereocenters. The van der Waals surface area contributed by atoms with Gasteiger partial charge in [0.2, 0.25) is 5.91 Å². The molecule has 0 saturated heterocycles. The maximum absolute atomic E-state index is 12.4. The van der Waals surface area contributed by atoms with Crippen molar-refractivity contribution in [3.05, 3.63) is 122 Å². The van der Waals surface area contributed by atoms with E-state index >= 15 is 0 Å². The molecule has 0 aliphatic heterocycles. The van der Waals surface area contributed by atoms with Gasteiger partial charge in [0.15, 0.2) is 0 Å². The van der Waals surface area contributed by atoms with E-state index < -0.39 is 12.1 Å². The van der Waals surface area contributed by atoms with Gasteiger partial charge < -0.3 is 15.5 Å². The van der Waals surface area contributed by atoms with Crippen LogP contribution >= 0.6 is 0 Å². The van der Waals surface area contributed by atoms with Gasteiger partial charge in [-0.2, -0.15) is 0 Å². The summed E-state index contributed by atoms with van der Waals surface area (Å²) in [6.45, 7) is 4.17. The first-order valence-corrected chi connectivity index (χ1v) is 25.2. The molecule has 0 radical (unpaired) electrons. The Morgan fingerprint density at radius 2 is 0.738 bits per heavy atom. The zero-order valence-corrected chi connectivity index (χ0v) is 39.6. The number of hydrogen-bond acceptors (Lipinski definition) is 3. The van der Waals surface area contributed by atoms with Crippen LogP contribution in [0.2, 0.25) is 0 Å². The third-order valence-electron chi connectivity index (χ3n) is 10.7. The van der Waals surface area contributed by atoms with Crippen molar-refractivity contribution in [2.24, 2.45) is 0 Å². The second-order valence-corrected chi connectivity index (χ2v) is 16.5. The minimum Gasteiger partial charge on any atom is -0.394 e. The Morgan fingerprint density at radius 1 is 0.410 bits per heavy atom. The average molecular weight is 842 g/mol. The SMILES string of the molecule is CC/C=C\C/C=C\C/C=C\C/C=C\C/C=C\C/C=C\C/C=C\C/C=C\CCCCCCCCC(=O)NC(CO)C(O)/C=C/CC/C=C/CCCCCCCCCCCCCC. The van der Waals surface area contributed by atoms with Gasteiger partial charge in [-0.3, -0.25) is 4.79 Å². The number of unbranched alkanes of at least 4 members (excludes halogenated alkanes) is 19. The van der Waals surface area contributed by atoms with Crippen LogP contribution in [-0.4, -0.2) is 34.9 Å². The van der Waals surface area contributed by atoms with E-state index in [0.717, 1.165) is 96.3 Å². The van der Waals surface area contributed by atoms with E-state index in [9.17, 15) is 15.0 Å². The molecule has 0 bridgehead atoms. The van der Waals surface area contributed by atoms with E-state index in [1.165, 1.54) is 96.3 Å². The zero-order chi connectivity index (χ0) is 44.2. The van der Waals surface area contributed by atoms with E-state index in [4.69, 9.17) is 0 Å². The number of carbonyl (C=O) groups is 1. The van der Waals surface area contributed by atoms with E-state index in [1.54, 1.807) is 6.08 Å². The minimum atomic E-state index is -0.877. The Bertz CT molecular complexity index is 1230. The van der Waals surface area contributed by atoms with Gasteiger partial charge in [-0.05, 0) is 96.3 Å². The van der Waals surface area contributed by atoms with Gasteiger partial charge in [0.1, 0.15) is 0 Å². The smallest absolute Gasteiger partial charge is 0.220 e. The van der Waals surface area contributed by atoms with E-state index in [-0.39, 0.29) is 12.5 Å². The maximum Gasteiger partial charge on any atom is 0.220 e. The predicted octanol–water partition coefficient (Wildman–Crippen LogP) is 16.5. The molecule has 346 valence electrons. The second-order valence-electron chi connectivity index (χ2n) is 16.5. The lowest BCUT2D eigenvalue weighted by molar-refractivity contribution is -0.123. The Hall–Kier alpha value is -3.21. The third-order valence-corrected chi connectivity index (χ3v) is 10.7. The highest BCUT2D eigenvalue weighted by atomic mass is 16.3. The van der Waals surface area contributed by atoms with E-state index in [2.05, 4.69) is 129 Å². The van der Waals surface area contributed by atoms with Gasteiger partial charge in [0.25, 0.3) is 0 Å². The molecule has 0 aromatic carbocycles. The zero-order valence-electron chi connectivity index (χ0n) is 39.6. The molecular formula is C57H95NO3. The molecule has 0 aliphatic rings. The monoisotopic (exact) mass is 842 g/mol. The summed E-state index contributed by atoms with van der Waals surface area (Å²) in [7, 11) is 0. The molecular weight excluding hydrogens is 747 g/mol. The molecule has 0 fully saturated rings. The van der Waals surface area contributed by atoms with Crippen LogP contribution in [-0.2, 0) is 4.79 Å². The van der Waals surface area contributed by atoms with Crippen molar-refractivity contribution in [2.45, 2.75) is 225 Å². The van der Waals surface area contributed by atoms with Crippen LogP contribution in [0, 0.1) is 0 Å². The summed E-state index contributed by atoms with van der Waals surface area (Å²) in [5, 5.41) is 23.1. The number of hydrogen-bond donors (Lipinski definition) is 3. The first-order chi connectivity index (χ1) is 30.2. The first kappa shape index (κ1) is 57.8. The quantitative estimate of drug-likeness (QED) is 0.0423. The number of nitrogens with one attached hydrogen (secondary N) is 1. The van der Waals surface area contributed by atoms with Crippen LogP contribution in [0.15, 0.2) is 122 Å². The van der Waals surface area contributed by atoms with Crippen LogP contribution in [0.25, 0.3) is 0 Å². The molecule has 61 heavy (non-hydrogen) atoms. The van der Waals surface area contributed by atoms with Crippen LogP contribution in [0.1, 0.15) is 213 Å². The number of aliphatic hydroxyl groups excluding tert-OH is 2. The predicted molar refractivity (Wildman–Crippen MR) is 271 cm³/mol. The summed E-state index contributed by atoms with van der Waals surface area (Å²) in [5.41, 5.74) is 0. The summed E-state index contributed by atoms with van der Waals surface area (Å²) in [6, 6.07) is -0.656. The Labute approximate surface area is 378 Å². The highest BCUT2D eigenvalue weighted by Crippen LogP contribution is 2.13. The fourth-order valence-electron chi connectivity index (χ4n) is 6.86. The van der Waals surface area contributed by atoms with Crippen molar-refractivity contribution in [3.8, 4) is 0 Å². The van der Waals surface area contributed by atoms with Crippen molar-refractivity contribution in [1.82, 2.24) is 5.32 Å². The fraction of sp³-hybridized carbons (Fsp3) is 0.632. The lowest BCUT2D eigenvalue weighted by atomic mass is 10.0. The largest absolute Gasteiger partial charge is 0.394 e.